The maximum atomic E-state index is 12.2. The van der Waals surface area contributed by atoms with Crippen LogP contribution in [0.5, 0.6) is 0 Å². The minimum absolute atomic E-state index is 0.0125. The van der Waals surface area contributed by atoms with Crippen LogP contribution in [0.4, 0.5) is 0 Å². The van der Waals surface area contributed by atoms with E-state index in [0.29, 0.717) is 11.1 Å². The molecule has 1 fully saturated rings. The normalized spacial score (nSPS) is 24.3. The Kier molecular flexibility index (Phi) is 2.49. The second kappa shape index (κ2) is 3.86. The monoisotopic (exact) mass is 235 g/mol. The topological polar surface area (TPSA) is 29.1 Å². The van der Waals surface area contributed by atoms with E-state index in [0.717, 1.165) is 24.0 Å². The highest BCUT2D eigenvalue weighted by Crippen LogP contribution is 2.27. The van der Waals surface area contributed by atoms with Gasteiger partial charge in [0.15, 0.2) is 5.78 Å². The van der Waals surface area contributed by atoms with Crippen molar-refractivity contribution in [2.24, 2.45) is 0 Å². The number of hydrogen-bond acceptors (Lipinski definition) is 2. The van der Waals surface area contributed by atoms with Crippen molar-refractivity contribution in [2.45, 2.75) is 37.8 Å². The van der Waals surface area contributed by atoms with Crippen LogP contribution in [0.25, 0.3) is 0 Å². The minimum Gasteiger partial charge on any atom is -0.304 e. The van der Waals surface area contributed by atoms with Crippen LogP contribution in [-0.2, 0) is 6.42 Å². The number of aryl methyl sites for hydroxylation is 1. The SMILES string of the molecule is O=C1c2cc(Cl)ccc2CCC1NC1CC1. The Hall–Kier alpha value is -0.860. The summed E-state index contributed by atoms with van der Waals surface area (Å²) in [6.07, 6.45) is 4.32. The molecule has 1 N–H and O–H groups in total. The van der Waals surface area contributed by atoms with Gasteiger partial charge in [0.2, 0.25) is 0 Å². The molecule has 0 bridgehead atoms. The summed E-state index contributed by atoms with van der Waals surface area (Å²) in [4.78, 5) is 12.2. The van der Waals surface area contributed by atoms with Gasteiger partial charge in [0, 0.05) is 16.6 Å². The van der Waals surface area contributed by atoms with Crippen LogP contribution in [-0.4, -0.2) is 17.9 Å². The molecule has 1 unspecified atom stereocenters. The standard InChI is InChI=1S/C13H14ClNO/c14-9-3-1-8-2-6-12(15-10-4-5-10)13(16)11(8)7-9/h1,3,7,10,12,15H,2,4-6H2. The zero-order valence-corrected chi connectivity index (χ0v) is 9.76. The van der Waals surface area contributed by atoms with Gasteiger partial charge in [0.1, 0.15) is 0 Å². The number of carbonyl (C=O) groups is 1. The van der Waals surface area contributed by atoms with E-state index in [9.17, 15) is 4.79 Å². The van der Waals surface area contributed by atoms with Gasteiger partial charge in [-0.1, -0.05) is 17.7 Å². The molecule has 2 aliphatic rings. The molecule has 1 atom stereocenters. The van der Waals surface area contributed by atoms with Crippen molar-refractivity contribution in [1.82, 2.24) is 5.32 Å². The Morgan fingerprint density at radius 3 is 2.81 bits per heavy atom. The fraction of sp³-hybridized carbons (Fsp3) is 0.462. The first-order valence-electron chi connectivity index (χ1n) is 5.83. The van der Waals surface area contributed by atoms with Gasteiger partial charge in [-0.05, 0) is 43.4 Å². The van der Waals surface area contributed by atoms with Crippen molar-refractivity contribution in [2.75, 3.05) is 0 Å². The summed E-state index contributed by atoms with van der Waals surface area (Å²) in [5, 5.41) is 4.06. The molecule has 0 amide bonds. The number of halogens is 1. The molecule has 3 heteroatoms. The second-order valence-electron chi connectivity index (χ2n) is 4.70. The van der Waals surface area contributed by atoms with Crippen LogP contribution in [0.1, 0.15) is 35.2 Å². The fourth-order valence-corrected chi connectivity index (χ4v) is 2.48. The summed E-state index contributed by atoms with van der Waals surface area (Å²) in [6.45, 7) is 0. The van der Waals surface area contributed by atoms with Crippen LogP contribution < -0.4 is 5.32 Å². The van der Waals surface area contributed by atoms with Crippen molar-refractivity contribution in [3.05, 3.63) is 34.3 Å². The third-order valence-corrected chi connectivity index (χ3v) is 3.61. The highest BCUT2D eigenvalue weighted by Gasteiger charge is 2.32. The summed E-state index contributed by atoms with van der Waals surface area (Å²) in [5.41, 5.74) is 1.96. The van der Waals surface area contributed by atoms with Crippen LogP contribution in [0.2, 0.25) is 5.02 Å². The molecule has 2 aliphatic carbocycles. The Bertz CT molecular complexity index is 440. The number of hydrogen-bond donors (Lipinski definition) is 1. The molecule has 0 aromatic heterocycles. The first kappa shape index (κ1) is 10.3. The van der Waals surface area contributed by atoms with E-state index in [2.05, 4.69) is 5.32 Å². The second-order valence-corrected chi connectivity index (χ2v) is 5.13. The summed E-state index contributed by atoms with van der Waals surface area (Å²) in [5.74, 6) is 0.218. The molecule has 84 valence electrons. The lowest BCUT2D eigenvalue weighted by molar-refractivity contribution is 0.0927. The van der Waals surface area contributed by atoms with Crippen LogP contribution in [0, 0.1) is 0 Å². The zero-order valence-electron chi connectivity index (χ0n) is 9.00. The molecule has 16 heavy (non-hydrogen) atoms. The molecule has 1 aromatic rings. The predicted molar refractivity (Wildman–Crippen MR) is 64.0 cm³/mol. The zero-order chi connectivity index (χ0) is 11.1. The van der Waals surface area contributed by atoms with Crippen molar-refractivity contribution in [1.29, 1.82) is 0 Å². The number of nitrogens with one attached hydrogen (secondary N) is 1. The lowest BCUT2D eigenvalue weighted by atomic mass is 9.87. The molecule has 0 saturated heterocycles. The molecular formula is C13H14ClNO. The molecule has 3 rings (SSSR count). The average molecular weight is 236 g/mol. The number of Topliss-reactive ketones (excluding diaryl/α,β-unsaturated/α-hetero) is 1. The summed E-state index contributed by atoms with van der Waals surface area (Å²) >= 11 is 5.94. The van der Waals surface area contributed by atoms with E-state index in [4.69, 9.17) is 11.6 Å². The molecule has 0 aliphatic heterocycles. The summed E-state index contributed by atoms with van der Waals surface area (Å²) in [6, 6.07) is 6.23. The molecule has 0 radical (unpaired) electrons. The molecule has 2 nitrogen and oxygen atoms in total. The number of carbonyl (C=O) groups excluding carboxylic acids is 1. The third kappa shape index (κ3) is 1.87. The Morgan fingerprint density at radius 2 is 2.06 bits per heavy atom. The first-order valence-corrected chi connectivity index (χ1v) is 6.20. The smallest absolute Gasteiger partial charge is 0.180 e. The van der Waals surface area contributed by atoms with Gasteiger partial charge in [-0.2, -0.15) is 0 Å². The van der Waals surface area contributed by atoms with Crippen LogP contribution >= 0.6 is 11.6 Å². The number of ketones is 1. The fourth-order valence-electron chi connectivity index (χ4n) is 2.31. The molecule has 0 spiro atoms. The Labute approximate surface area is 100.0 Å². The Balaban J connectivity index is 1.87. The van der Waals surface area contributed by atoms with Crippen molar-refractivity contribution < 1.29 is 4.79 Å². The molecule has 1 aromatic carbocycles. The van der Waals surface area contributed by atoms with E-state index in [1.165, 1.54) is 12.8 Å². The van der Waals surface area contributed by atoms with Gasteiger partial charge < -0.3 is 5.32 Å². The summed E-state index contributed by atoms with van der Waals surface area (Å²) < 4.78 is 0. The maximum Gasteiger partial charge on any atom is 0.180 e. The number of benzene rings is 1. The predicted octanol–water partition coefficient (Wildman–Crippen LogP) is 2.59. The molecule has 0 heterocycles. The number of rotatable bonds is 2. The van der Waals surface area contributed by atoms with E-state index in [-0.39, 0.29) is 11.8 Å². The van der Waals surface area contributed by atoms with Crippen LogP contribution in [0.3, 0.4) is 0 Å². The van der Waals surface area contributed by atoms with Gasteiger partial charge in [0.25, 0.3) is 0 Å². The highest BCUT2D eigenvalue weighted by atomic mass is 35.5. The highest BCUT2D eigenvalue weighted by molar-refractivity contribution is 6.31. The van der Waals surface area contributed by atoms with E-state index in [1.54, 1.807) is 6.07 Å². The molecular weight excluding hydrogens is 222 g/mol. The van der Waals surface area contributed by atoms with E-state index < -0.39 is 0 Å². The van der Waals surface area contributed by atoms with Gasteiger partial charge in [-0.15, -0.1) is 0 Å². The quantitative estimate of drug-likeness (QED) is 0.854. The minimum atomic E-state index is 0.0125. The first-order chi connectivity index (χ1) is 7.74. The van der Waals surface area contributed by atoms with Crippen molar-refractivity contribution >= 4 is 17.4 Å². The lowest BCUT2D eigenvalue weighted by Gasteiger charge is -2.24. The van der Waals surface area contributed by atoms with Crippen LogP contribution in [0.15, 0.2) is 18.2 Å². The lowest BCUT2D eigenvalue weighted by Crippen LogP contribution is -2.41. The van der Waals surface area contributed by atoms with Crippen molar-refractivity contribution in [3.8, 4) is 0 Å². The average Bonchev–Trinajstić information content (AvgIpc) is 3.07. The molecule has 1 saturated carbocycles. The number of fused-ring (bicyclic) bond motifs is 1. The summed E-state index contributed by atoms with van der Waals surface area (Å²) in [7, 11) is 0. The van der Waals surface area contributed by atoms with E-state index >= 15 is 0 Å². The van der Waals surface area contributed by atoms with Crippen molar-refractivity contribution in [3.63, 3.8) is 0 Å². The maximum absolute atomic E-state index is 12.2. The van der Waals surface area contributed by atoms with Gasteiger partial charge in [0.05, 0.1) is 6.04 Å². The van der Waals surface area contributed by atoms with Gasteiger partial charge >= 0.3 is 0 Å². The Morgan fingerprint density at radius 1 is 1.25 bits per heavy atom. The van der Waals surface area contributed by atoms with E-state index in [1.807, 2.05) is 12.1 Å². The van der Waals surface area contributed by atoms with Gasteiger partial charge in [-0.25, -0.2) is 0 Å². The van der Waals surface area contributed by atoms with Gasteiger partial charge in [-0.3, -0.25) is 4.79 Å². The largest absolute Gasteiger partial charge is 0.304 e. The third-order valence-electron chi connectivity index (χ3n) is 3.37.